The van der Waals surface area contributed by atoms with E-state index >= 15 is 0 Å². The molecule has 1 aliphatic carbocycles. The van der Waals surface area contributed by atoms with E-state index in [-0.39, 0.29) is 10.8 Å². The second-order valence-corrected chi connectivity index (χ2v) is 7.79. The van der Waals surface area contributed by atoms with Crippen LogP contribution in [0.15, 0.2) is 23.1 Å². The number of carbonyl (C=O) groups excluding carboxylic acids is 1. The number of hydrogen-bond acceptors (Lipinski definition) is 3. The highest BCUT2D eigenvalue weighted by molar-refractivity contribution is 8.13. The van der Waals surface area contributed by atoms with E-state index in [0.29, 0.717) is 17.7 Å². The first-order valence-corrected chi connectivity index (χ1v) is 9.02. The zero-order chi connectivity index (χ0) is 14.8. The summed E-state index contributed by atoms with van der Waals surface area (Å²) in [5.74, 6) is 0.470. The number of nitrogens with one attached hydrogen (secondary N) is 1. The molecule has 0 spiro atoms. The van der Waals surface area contributed by atoms with Crippen molar-refractivity contribution in [2.45, 2.75) is 37.5 Å². The Bertz CT molecular complexity index is 609. The molecule has 0 unspecified atom stereocenters. The van der Waals surface area contributed by atoms with Gasteiger partial charge in [0.2, 0.25) is 0 Å². The smallest absolute Gasteiger partial charge is 0.261 e. The molecule has 1 saturated carbocycles. The lowest BCUT2D eigenvalue weighted by Gasteiger charge is -2.25. The molecule has 1 N–H and O–H groups in total. The van der Waals surface area contributed by atoms with Gasteiger partial charge in [-0.15, -0.1) is 0 Å². The first kappa shape index (κ1) is 15.3. The van der Waals surface area contributed by atoms with Gasteiger partial charge in [-0.2, -0.15) is 0 Å². The van der Waals surface area contributed by atoms with Crippen molar-refractivity contribution < 1.29 is 13.2 Å². The molecule has 0 aromatic heterocycles. The third-order valence-electron chi connectivity index (χ3n) is 3.78. The first-order chi connectivity index (χ1) is 9.38. The molecule has 6 heteroatoms. The summed E-state index contributed by atoms with van der Waals surface area (Å²) in [6.45, 7) is 2.27. The first-order valence-electron chi connectivity index (χ1n) is 6.71. The Morgan fingerprint density at radius 3 is 2.65 bits per heavy atom. The second-order valence-electron chi connectivity index (χ2n) is 5.26. The van der Waals surface area contributed by atoms with Gasteiger partial charge in [-0.05, 0) is 37.0 Å². The molecule has 0 radical (unpaired) electrons. The molecule has 0 atom stereocenters. The number of amides is 1. The van der Waals surface area contributed by atoms with Crippen molar-refractivity contribution in [2.75, 3.05) is 6.54 Å². The maximum absolute atomic E-state index is 12.0. The molecule has 1 amide bonds. The van der Waals surface area contributed by atoms with Crippen molar-refractivity contribution in [2.24, 2.45) is 5.92 Å². The molecule has 2 rings (SSSR count). The predicted octanol–water partition coefficient (Wildman–Crippen LogP) is 2.84. The molecule has 1 aromatic carbocycles. The average Bonchev–Trinajstić information content (AvgIpc) is 2.31. The van der Waals surface area contributed by atoms with Gasteiger partial charge in [-0.25, -0.2) is 8.42 Å². The minimum atomic E-state index is -3.83. The number of halogens is 1. The highest BCUT2D eigenvalue weighted by atomic mass is 35.7. The van der Waals surface area contributed by atoms with E-state index in [2.05, 4.69) is 5.32 Å². The molecule has 110 valence electrons. The van der Waals surface area contributed by atoms with Crippen molar-refractivity contribution >= 4 is 25.6 Å². The zero-order valence-corrected chi connectivity index (χ0v) is 12.9. The lowest BCUT2D eigenvalue weighted by atomic mass is 9.83. The maximum atomic E-state index is 12.0. The van der Waals surface area contributed by atoms with Gasteiger partial charge in [-0.1, -0.05) is 25.3 Å². The van der Waals surface area contributed by atoms with Crippen LogP contribution in [-0.2, 0) is 9.05 Å². The van der Waals surface area contributed by atoms with Gasteiger partial charge < -0.3 is 5.32 Å². The molecule has 0 aliphatic heterocycles. The predicted molar refractivity (Wildman–Crippen MR) is 78.5 cm³/mol. The normalized spacial score (nSPS) is 15.7. The summed E-state index contributed by atoms with van der Waals surface area (Å²) in [7, 11) is 1.53. The van der Waals surface area contributed by atoms with E-state index in [4.69, 9.17) is 10.7 Å². The van der Waals surface area contributed by atoms with Gasteiger partial charge in [0.25, 0.3) is 15.0 Å². The summed E-state index contributed by atoms with van der Waals surface area (Å²) in [4.78, 5) is 12.0. The Morgan fingerprint density at radius 2 is 2.10 bits per heavy atom. The van der Waals surface area contributed by atoms with Crippen molar-refractivity contribution in [3.05, 3.63) is 29.3 Å². The fraction of sp³-hybridized carbons (Fsp3) is 0.500. The van der Waals surface area contributed by atoms with E-state index in [1.807, 2.05) is 0 Å². The highest BCUT2D eigenvalue weighted by Crippen LogP contribution is 2.28. The van der Waals surface area contributed by atoms with Crippen LogP contribution in [0.3, 0.4) is 0 Å². The lowest BCUT2D eigenvalue weighted by molar-refractivity contribution is 0.0949. The zero-order valence-electron chi connectivity index (χ0n) is 11.4. The fourth-order valence-corrected chi connectivity index (χ4v) is 3.50. The van der Waals surface area contributed by atoms with Gasteiger partial charge in [0, 0.05) is 22.8 Å². The summed E-state index contributed by atoms with van der Waals surface area (Å²) in [6.07, 6.45) is 4.76. The van der Waals surface area contributed by atoms with Crippen LogP contribution < -0.4 is 5.32 Å². The minimum Gasteiger partial charge on any atom is -0.352 e. The Kier molecular flexibility index (Phi) is 4.70. The van der Waals surface area contributed by atoms with Crippen LogP contribution in [0.5, 0.6) is 0 Å². The molecule has 1 fully saturated rings. The van der Waals surface area contributed by atoms with Crippen LogP contribution in [0, 0.1) is 12.8 Å². The van der Waals surface area contributed by atoms with Crippen LogP contribution in [0.25, 0.3) is 0 Å². The minimum absolute atomic E-state index is 0.00851. The molecular weight excluding hydrogens is 298 g/mol. The van der Waals surface area contributed by atoms with Crippen molar-refractivity contribution in [1.29, 1.82) is 0 Å². The van der Waals surface area contributed by atoms with Crippen molar-refractivity contribution in [3.8, 4) is 0 Å². The molecule has 1 aromatic rings. The van der Waals surface area contributed by atoms with E-state index < -0.39 is 9.05 Å². The molecule has 4 nitrogen and oxygen atoms in total. The largest absolute Gasteiger partial charge is 0.352 e. The fourth-order valence-electron chi connectivity index (χ4n) is 2.28. The highest BCUT2D eigenvalue weighted by Gasteiger charge is 2.18. The lowest BCUT2D eigenvalue weighted by Crippen LogP contribution is -2.27. The van der Waals surface area contributed by atoms with E-state index in [1.165, 1.54) is 25.3 Å². The van der Waals surface area contributed by atoms with Crippen molar-refractivity contribution in [1.82, 2.24) is 5.32 Å². The summed E-state index contributed by atoms with van der Waals surface area (Å²) in [5, 5.41) is 2.82. The van der Waals surface area contributed by atoms with Crippen LogP contribution >= 0.6 is 10.7 Å². The summed E-state index contributed by atoms with van der Waals surface area (Å²) < 4.78 is 22.8. The second kappa shape index (κ2) is 6.14. The molecule has 0 bridgehead atoms. The maximum Gasteiger partial charge on any atom is 0.261 e. The van der Waals surface area contributed by atoms with Gasteiger partial charge in [0.1, 0.15) is 0 Å². The Labute approximate surface area is 123 Å². The van der Waals surface area contributed by atoms with Gasteiger partial charge in [0.05, 0.1) is 4.90 Å². The van der Waals surface area contributed by atoms with Gasteiger partial charge in [-0.3, -0.25) is 4.79 Å². The Morgan fingerprint density at radius 1 is 1.40 bits per heavy atom. The topological polar surface area (TPSA) is 63.2 Å². The summed E-state index contributed by atoms with van der Waals surface area (Å²) in [5.41, 5.74) is 0.856. The van der Waals surface area contributed by atoms with Crippen LogP contribution in [0.2, 0.25) is 0 Å². The summed E-state index contributed by atoms with van der Waals surface area (Å²) >= 11 is 0. The standard InChI is InChI=1S/C14H18ClNO3S/c1-10-5-6-12(9-13(10)20(15,18)19)14(17)16-8-7-11-3-2-4-11/h5-6,9,11H,2-4,7-8H2,1H3,(H,16,17). The van der Waals surface area contributed by atoms with E-state index in [9.17, 15) is 13.2 Å². The number of carbonyl (C=O) groups is 1. The number of benzene rings is 1. The average molecular weight is 316 g/mol. The molecular formula is C14H18ClNO3S. The van der Waals surface area contributed by atoms with Crippen LogP contribution in [0.4, 0.5) is 0 Å². The van der Waals surface area contributed by atoms with Crippen molar-refractivity contribution in [3.63, 3.8) is 0 Å². The Balaban J connectivity index is 2.02. The third-order valence-corrected chi connectivity index (χ3v) is 5.24. The quantitative estimate of drug-likeness (QED) is 0.850. The SMILES string of the molecule is Cc1ccc(C(=O)NCCC2CCC2)cc1S(=O)(=O)Cl. The Hall–Kier alpha value is -1.07. The molecule has 1 aliphatic rings. The number of aryl methyl sites for hydroxylation is 1. The number of rotatable bonds is 5. The summed E-state index contributed by atoms with van der Waals surface area (Å²) in [6, 6.07) is 4.53. The molecule has 0 saturated heterocycles. The van der Waals surface area contributed by atoms with Crippen LogP contribution in [0.1, 0.15) is 41.6 Å². The molecule has 20 heavy (non-hydrogen) atoms. The third kappa shape index (κ3) is 3.73. The van der Waals surface area contributed by atoms with E-state index in [0.717, 1.165) is 12.3 Å². The number of hydrogen-bond donors (Lipinski definition) is 1. The van der Waals surface area contributed by atoms with Crippen LogP contribution in [-0.4, -0.2) is 20.9 Å². The molecule has 0 heterocycles. The monoisotopic (exact) mass is 315 g/mol. The van der Waals surface area contributed by atoms with Gasteiger partial charge in [0.15, 0.2) is 0 Å². The van der Waals surface area contributed by atoms with E-state index in [1.54, 1.807) is 19.1 Å². The van der Waals surface area contributed by atoms with Gasteiger partial charge >= 0.3 is 0 Å².